The molecular formula is C22H24N2O3S. The van der Waals surface area contributed by atoms with Crippen LogP contribution in [0.15, 0.2) is 47.8 Å². The summed E-state index contributed by atoms with van der Waals surface area (Å²) in [6.45, 7) is 4.71. The zero-order chi connectivity index (χ0) is 19.9. The van der Waals surface area contributed by atoms with Gasteiger partial charge in [0, 0.05) is 18.1 Å². The minimum Gasteiger partial charge on any atom is -0.484 e. The summed E-state index contributed by atoms with van der Waals surface area (Å²) in [6.07, 6.45) is 0.885. The van der Waals surface area contributed by atoms with Crippen molar-refractivity contribution in [3.63, 3.8) is 0 Å². The molecule has 0 aliphatic rings. The zero-order valence-electron chi connectivity index (χ0n) is 16.3. The summed E-state index contributed by atoms with van der Waals surface area (Å²) in [5.74, 6) is 0.459. The Morgan fingerprint density at radius 3 is 2.61 bits per heavy atom. The highest BCUT2D eigenvalue weighted by molar-refractivity contribution is 7.14. The van der Waals surface area contributed by atoms with Crippen LogP contribution in [0.25, 0.3) is 11.3 Å². The summed E-state index contributed by atoms with van der Waals surface area (Å²) >= 11 is 1.40. The zero-order valence-corrected chi connectivity index (χ0v) is 17.1. The standard InChI is InChI=1S/C22H24N2O3S/c1-15-4-9-19(12-16(15)2)27-13-21(25)24-22-23-20(14-28-22)18-7-5-17(6-8-18)10-11-26-3/h4-9,12,14H,10-11,13H2,1-3H3,(H,23,24,25). The monoisotopic (exact) mass is 396 g/mol. The van der Waals surface area contributed by atoms with Gasteiger partial charge in [0.2, 0.25) is 0 Å². The van der Waals surface area contributed by atoms with Gasteiger partial charge in [-0.3, -0.25) is 10.1 Å². The number of carbonyl (C=O) groups is 1. The van der Waals surface area contributed by atoms with Crippen LogP contribution in [-0.2, 0) is 16.0 Å². The van der Waals surface area contributed by atoms with Crippen LogP contribution in [0.1, 0.15) is 16.7 Å². The molecule has 0 fully saturated rings. The van der Waals surface area contributed by atoms with Gasteiger partial charge in [0.05, 0.1) is 12.3 Å². The number of nitrogens with one attached hydrogen (secondary N) is 1. The minimum absolute atomic E-state index is 0.0500. The smallest absolute Gasteiger partial charge is 0.264 e. The SMILES string of the molecule is COCCc1ccc(-c2csc(NC(=O)COc3ccc(C)c(C)c3)n2)cc1. The third-order valence-electron chi connectivity index (χ3n) is 4.44. The van der Waals surface area contributed by atoms with Gasteiger partial charge in [0.1, 0.15) is 5.75 Å². The van der Waals surface area contributed by atoms with E-state index >= 15 is 0 Å². The molecule has 0 saturated heterocycles. The Kier molecular flexibility index (Phi) is 6.79. The first-order valence-corrected chi connectivity index (χ1v) is 9.97. The Balaban J connectivity index is 1.54. The van der Waals surface area contributed by atoms with Crippen molar-refractivity contribution in [2.75, 3.05) is 25.6 Å². The molecular weight excluding hydrogens is 372 g/mol. The lowest BCUT2D eigenvalue weighted by molar-refractivity contribution is -0.118. The van der Waals surface area contributed by atoms with Gasteiger partial charge in [-0.2, -0.15) is 0 Å². The van der Waals surface area contributed by atoms with Crippen LogP contribution in [-0.4, -0.2) is 31.2 Å². The molecule has 0 bridgehead atoms. The number of carbonyl (C=O) groups excluding carboxylic acids is 1. The van der Waals surface area contributed by atoms with Crippen LogP contribution in [0.5, 0.6) is 5.75 Å². The molecule has 2 aromatic carbocycles. The van der Waals surface area contributed by atoms with E-state index < -0.39 is 0 Å². The van der Waals surface area contributed by atoms with Crippen LogP contribution in [0, 0.1) is 13.8 Å². The lowest BCUT2D eigenvalue weighted by atomic mass is 10.1. The summed E-state index contributed by atoms with van der Waals surface area (Å²) in [5.41, 5.74) is 5.41. The fraction of sp³-hybridized carbons (Fsp3) is 0.273. The number of nitrogens with zero attached hydrogens (tertiary/aromatic N) is 1. The minimum atomic E-state index is -0.228. The van der Waals surface area contributed by atoms with Gasteiger partial charge in [0.25, 0.3) is 5.91 Å². The second kappa shape index (κ2) is 9.48. The fourth-order valence-corrected chi connectivity index (χ4v) is 3.37. The predicted octanol–water partition coefficient (Wildman–Crippen LogP) is 4.63. The Morgan fingerprint density at radius 2 is 1.89 bits per heavy atom. The van der Waals surface area contributed by atoms with Crippen LogP contribution < -0.4 is 10.1 Å². The third kappa shape index (κ3) is 5.41. The van der Waals surface area contributed by atoms with E-state index in [-0.39, 0.29) is 12.5 Å². The summed E-state index contributed by atoms with van der Waals surface area (Å²) in [4.78, 5) is 16.6. The van der Waals surface area contributed by atoms with Crippen LogP contribution in [0.4, 0.5) is 5.13 Å². The summed E-state index contributed by atoms with van der Waals surface area (Å²) in [5, 5.41) is 5.29. The largest absolute Gasteiger partial charge is 0.484 e. The molecule has 28 heavy (non-hydrogen) atoms. The van der Waals surface area contributed by atoms with Crippen molar-refractivity contribution >= 4 is 22.4 Å². The van der Waals surface area contributed by atoms with Gasteiger partial charge in [-0.1, -0.05) is 30.3 Å². The first-order chi connectivity index (χ1) is 13.5. The number of methoxy groups -OCH3 is 1. The number of thiazole rings is 1. The average molecular weight is 397 g/mol. The lowest BCUT2D eigenvalue weighted by Crippen LogP contribution is -2.20. The second-order valence-corrected chi connectivity index (χ2v) is 7.42. The number of hydrogen-bond donors (Lipinski definition) is 1. The maximum Gasteiger partial charge on any atom is 0.264 e. The quantitative estimate of drug-likeness (QED) is 0.603. The van der Waals surface area contributed by atoms with Crippen molar-refractivity contribution in [2.45, 2.75) is 20.3 Å². The number of amides is 1. The van der Waals surface area contributed by atoms with Crippen LogP contribution in [0.3, 0.4) is 0 Å². The molecule has 1 aromatic heterocycles. The Hall–Kier alpha value is -2.70. The molecule has 1 N–H and O–H groups in total. The summed E-state index contributed by atoms with van der Waals surface area (Å²) < 4.78 is 10.7. The number of hydrogen-bond acceptors (Lipinski definition) is 5. The van der Waals surface area contributed by atoms with Crippen LogP contribution >= 0.6 is 11.3 Å². The van der Waals surface area contributed by atoms with E-state index in [1.54, 1.807) is 7.11 Å². The molecule has 1 heterocycles. The Morgan fingerprint density at radius 1 is 1.11 bits per heavy atom. The molecule has 146 valence electrons. The van der Waals surface area contributed by atoms with Crippen LogP contribution in [0.2, 0.25) is 0 Å². The molecule has 1 amide bonds. The lowest BCUT2D eigenvalue weighted by Gasteiger charge is -2.08. The Bertz CT molecular complexity index is 935. The third-order valence-corrected chi connectivity index (χ3v) is 5.20. The average Bonchev–Trinajstić information content (AvgIpc) is 3.16. The van der Waals surface area contributed by atoms with Crippen molar-refractivity contribution in [1.82, 2.24) is 4.98 Å². The molecule has 0 unspecified atom stereocenters. The Labute approximate surface area is 169 Å². The van der Waals surface area contributed by atoms with E-state index in [4.69, 9.17) is 9.47 Å². The van der Waals surface area contributed by atoms with Crippen molar-refractivity contribution < 1.29 is 14.3 Å². The summed E-state index contributed by atoms with van der Waals surface area (Å²) in [6, 6.07) is 14.0. The molecule has 3 aromatic rings. The maximum atomic E-state index is 12.1. The number of rotatable bonds is 8. The molecule has 3 rings (SSSR count). The topological polar surface area (TPSA) is 60.5 Å². The van der Waals surface area contributed by atoms with Gasteiger partial charge in [-0.25, -0.2) is 4.98 Å². The van der Waals surface area contributed by atoms with Crippen molar-refractivity contribution in [2.24, 2.45) is 0 Å². The van der Waals surface area contributed by atoms with E-state index in [0.717, 1.165) is 23.2 Å². The van der Waals surface area contributed by atoms with E-state index in [0.29, 0.717) is 17.5 Å². The molecule has 0 radical (unpaired) electrons. The van der Waals surface area contributed by atoms with Gasteiger partial charge in [-0.15, -0.1) is 11.3 Å². The first-order valence-electron chi connectivity index (χ1n) is 9.09. The number of benzene rings is 2. The number of aromatic nitrogens is 1. The number of ether oxygens (including phenoxy) is 2. The molecule has 0 atom stereocenters. The first kappa shape index (κ1) is 20.0. The molecule has 0 saturated carbocycles. The van der Waals surface area contributed by atoms with Gasteiger partial charge < -0.3 is 9.47 Å². The van der Waals surface area contributed by atoms with E-state index in [1.165, 1.54) is 22.5 Å². The molecule has 0 spiro atoms. The van der Waals surface area contributed by atoms with E-state index in [1.807, 2.05) is 49.6 Å². The molecule has 5 nitrogen and oxygen atoms in total. The molecule has 0 aliphatic heterocycles. The highest BCUT2D eigenvalue weighted by Crippen LogP contribution is 2.25. The molecule has 0 aliphatic carbocycles. The van der Waals surface area contributed by atoms with Crippen molar-refractivity contribution in [3.05, 3.63) is 64.5 Å². The maximum absolute atomic E-state index is 12.1. The van der Waals surface area contributed by atoms with E-state index in [9.17, 15) is 4.79 Å². The highest BCUT2D eigenvalue weighted by Gasteiger charge is 2.09. The second-order valence-electron chi connectivity index (χ2n) is 6.56. The van der Waals surface area contributed by atoms with Crippen molar-refractivity contribution in [1.29, 1.82) is 0 Å². The normalized spacial score (nSPS) is 10.7. The fourth-order valence-electron chi connectivity index (χ4n) is 2.63. The van der Waals surface area contributed by atoms with E-state index in [2.05, 4.69) is 22.4 Å². The molecule has 6 heteroatoms. The van der Waals surface area contributed by atoms with Gasteiger partial charge in [0.15, 0.2) is 11.7 Å². The van der Waals surface area contributed by atoms with Gasteiger partial charge in [-0.05, 0) is 49.1 Å². The predicted molar refractivity (Wildman–Crippen MR) is 113 cm³/mol. The summed E-state index contributed by atoms with van der Waals surface area (Å²) in [7, 11) is 1.70. The number of aryl methyl sites for hydroxylation is 2. The number of anilines is 1. The highest BCUT2D eigenvalue weighted by atomic mass is 32.1. The van der Waals surface area contributed by atoms with Crippen molar-refractivity contribution in [3.8, 4) is 17.0 Å². The van der Waals surface area contributed by atoms with Gasteiger partial charge >= 0.3 is 0 Å².